The van der Waals surface area contributed by atoms with Crippen molar-refractivity contribution in [3.05, 3.63) is 46.2 Å². The normalized spacial score (nSPS) is 11.0. The number of anilines is 1. The average molecular weight is 348 g/mol. The maximum absolute atomic E-state index is 10.8. The van der Waals surface area contributed by atoms with Crippen LogP contribution in [0.5, 0.6) is 5.75 Å². The quantitative estimate of drug-likeness (QED) is 0.487. The third kappa shape index (κ3) is 4.76. The van der Waals surface area contributed by atoms with Crippen molar-refractivity contribution >= 4 is 46.0 Å². The average Bonchev–Trinajstić information content (AvgIpc) is 3.03. The molecule has 0 saturated carbocycles. The number of aromatic carboxylic acids is 1. The third-order valence-electron chi connectivity index (χ3n) is 2.84. The van der Waals surface area contributed by atoms with Crippen molar-refractivity contribution in [1.29, 1.82) is 0 Å². The maximum atomic E-state index is 10.8. The Hall–Kier alpha value is -2.45. The molecule has 120 valence electrons. The molecule has 0 bridgehead atoms. The number of nitrogens with zero attached hydrogens (tertiary/aromatic N) is 1. The number of methoxy groups -OCH3 is 1. The predicted molar refractivity (Wildman–Crippen MR) is 93.2 cm³/mol. The van der Waals surface area contributed by atoms with Crippen molar-refractivity contribution in [2.75, 3.05) is 12.4 Å². The molecule has 6 nitrogen and oxygen atoms in total. The first-order chi connectivity index (χ1) is 11.0. The number of hydrazone groups is 1. The van der Waals surface area contributed by atoms with Crippen LogP contribution in [0.1, 0.15) is 21.5 Å². The molecular formula is C15H14N3O3S2-. The summed E-state index contributed by atoms with van der Waals surface area (Å²) in [6.07, 6.45) is 0. The number of ether oxygens (including phenoxy) is 1. The number of carbonyl (C=O) groups excluding carboxylic acids is 1. The molecular weight excluding hydrogens is 334 g/mol. The van der Waals surface area contributed by atoms with E-state index in [-0.39, 0.29) is 4.88 Å². The molecule has 1 heterocycles. The summed E-state index contributed by atoms with van der Waals surface area (Å²) in [4.78, 5) is 11.6. The van der Waals surface area contributed by atoms with Crippen LogP contribution in [0.25, 0.3) is 0 Å². The summed E-state index contributed by atoms with van der Waals surface area (Å²) in [5.41, 5.74) is 4.14. The largest absolute Gasteiger partial charge is 0.544 e. The Morgan fingerprint density at radius 3 is 2.43 bits per heavy atom. The highest BCUT2D eigenvalue weighted by atomic mass is 32.1. The van der Waals surface area contributed by atoms with Gasteiger partial charge in [-0.25, -0.2) is 0 Å². The number of carboxylic acids is 1. The molecule has 0 aliphatic rings. The molecule has 8 heteroatoms. The number of hydrogen-bond acceptors (Lipinski definition) is 6. The van der Waals surface area contributed by atoms with Crippen molar-refractivity contribution in [3.63, 3.8) is 0 Å². The van der Waals surface area contributed by atoms with Gasteiger partial charge < -0.3 is 20.0 Å². The number of hydrogen-bond donors (Lipinski definition) is 2. The topological polar surface area (TPSA) is 85.8 Å². The van der Waals surface area contributed by atoms with Crippen LogP contribution in [0.15, 0.2) is 41.5 Å². The first-order valence-electron chi connectivity index (χ1n) is 6.56. The van der Waals surface area contributed by atoms with Crippen LogP contribution in [0.4, 0.5) is 5.69 Å². The van der Waals surface area contributed by atoms with Gasteiger partial charge in [0.2, 0.25) is 0 Å². The van der Waals surface area contributed by atoms with Gasteiger partial charge in [-0.2, -0.15) is 5.10 Å². The predicted octanol–water partition coefficient (Wildman–Crippen LogP) is 1.83. The molecule has 0 amide bonds. The zero-order chi connectivity index (χ0) is 16.8. The Bertz CT molecular complexity index is 739. The molecule has 2 rings (SSSR count). The van der Waals surface area contributed by atoms with Crippen LogP contribution >= 0.6 is 23.6 Å². The fourth-order valence-corrected chi connectivity index (χ4v) is 2.61. The minimum atomic E-state index is -1.20. The molecule has 23 heavy (non-hydrogen) atoms. The van der Waals surface area contributed by atoms with Crippen molar-refractivity contribution in [2.45, 2.75) is 6.92 Å². The summed E-state index contributed by atoms with van der Waals surface area (Å²) in [5, 5.41) is 18.2. The number of carbonyl (C=O) groups is 1. The van der Waals surface area contributed by atoms with Gasteiger partial charge in [-0.15, -0.1) is 11.3 Å². The van der Waals surface area contributed by atoms with Gasteiger partial charge in [-0.3, -0.25) is 5.43 Å². The molecule has 0 aliphatic carbocycles. The Morgan fingerprint density at radius 1 is 1.22 bits per heavy atom. The first-order valence-corrected chi connectivity index (χ1v) is 7.79. The summed E-state index contributed by atoms with van der Waals surface area (Å²) in [6, 6.07) is 10.4. The third-order valence-corrected chi connectivity index (χ3v) is 4.20. The second-order valence-electron chi connectivity index (χ2n) is 4.44. The summed E-state index contributed by atoms with van der Waals surface area (Å²) < 4.78 is 5.08. The van der Waals surface area contributed by atoms with Gasteiger partial charge in [-0.1, -0.05) is 0 Å². The van der Waals surface area contributed by atoms with Crippen LogP contribution in [0, 0.1) is 0 Å². The Balaban J connectivity index is 1.94. The van der Waals surface area contributed by atoms with Crippen LogP contribution in [0.3, 0.4) is 0 Å². The van der Waals surface area contributed by atoms with Gasteiger partial charge in [0.05, 0.1) is 28.5 Å². The van der Waals surface area contributed by atoms with Gasteiger partial charge in [0.15, 0.2) is 5.11 Å². The van der Waals surface area contributed by atoms with E-state index in [2.05, 4.69) is 15.8 Å². The number of benzene rings is 1. The number of thiocarbonyl (C=S) groups is 1. The number of rotatable bonds is 5. The summed E-state index contributed by atoms with van der Waals surface area (Å²) in [5.74, 6) is -0.441. The van der Waals surface area contributed by atoms with Crippen LogP contribution in [0.2, 0.25) is 0 Å². The lowest BCUT2D eigenvalue weighted by Gasteiger charge is -2.08. The molecule has 0 atom stereocenters. The highest BCUT2D eigenvalue weighted by Gasteiger charge is 2.04. The van der Waals surface area contributed by atoms with Crippen molar-refractivity contribution in [1.82, 2.24) is 5.43 Å². The maximum Gasteiger partial charge on any atom is 0.191 e. The molecule has 0 fully saturated rings. The van der Waals surface area contributed by atoms with Crippen LogP contribution in [-0.4, -0.2) is 23.9 Å². The van der Waals surface area contributed by atoms with Gasteiger partial charge in [-0.05, 0) is 55.5 Å². The SMILES string of the molecule is COc1ccc(NC(=S)N/N=C(/C)c2ccc(C(=O)[O-])s2)cc1. The van der Waals surface area contributed by atoms with Gasteiger partial charge in [0.25, 0.3) is 0 Å². The lowest BCUT2D eigenvalue weighted by Crippen LogP contribution is -2.24. The van der Waals surface area contributed by atoms with E-state index in [0.717, 1.165) is 27.7 Å². The van der Waals surface area contributed by atoms with E-state index in [9.17, 15) is 9.90 Å². The van der Waals surface area contributed by atoms with E-state index in [0.29, 0.717) is 10.8 Å². The second-order valence-corrected chi connectivity index (χ2v) is 5.94. The molecule has 0 spiro atoms. The van der Waals surface area contributed by atoms with Crippen molar-refractivity contribution in [2.24, 2.45) is 5.10 Å². The van der Waals surface area contributed by atoms with E-state index in [1.807, 2.05) is 24.3 Å². The lowest BCUT2D eigenvalue weighted by molar-refractivity contribution is -0.254. The number of nitrogens with one attached hydrogen (secondary N) is 2. The fourth-order valence-electron chi connectivity index (χ4n) is 1.67. The van der Waals surface area contributed by atoms with Crippen molar-refractivity contribution < 1.29 is 14.6 Å². The smallest absolute Gasteiger partial charge is 0.191 e. The van der Waals surface area contributed by atoms with E-state index in [1.54, 1.807) is 20.1 Å². The minimum absolute atomic E-state index is 0.161. The first kappa shape index (κ1) is 16.9. The van der Waals surface area contributed by atoms with Gasteiger partial charge in [0, 0.05) is 5.69 Å². The van der Waals surface area contributed by atoms with E-state index >= 15 is 0 Å². The molecule has 0 unspecified atom stereocenters. The van der Waals surface area contributed by atoms with Gasteiger partial charge in [0.1, 0.15) is 5.75 Å². The summed E-state index contributed by atoms with van der Waals surface area (Å²) in [7, 11) is 1.60. The number of carboxylic acid groups (broad SMARTS) is 1. The number of thiophene rings is 1. The molecule has 2 aromatic rings. The minimum Gasteiger partial charge on any atom is -0.544 e. The summed E-state index contributed by atoms with van der Waals surface area (Å²) in [6.45, 7) is 1.76. The van der Waals surface area contributed by atoms with E-state index in [4.69, 9.17) is 17.0 Å². The molecule has 0 saturated heterocycles. The molecule has 1 aromatic carbocycles. The van der Waals surface area contributed by atoms with Crippen LogP contribution < -0.4 is 20.6 Å². The molecule has 2 N–H and O–H groups in total. The zero-order valence-corrected chi connectivity index (χ0v) is 14.1. The van der Waals surface area contributed by atoms with Crippen LogP contribution in [-0.2, 0) is 0 Å². The standard InChI is InChI=1S/C15H15N3O3S2/c1-9(12-7-8-13(23-12)14(19)20)17-18-15(22)16-10-3-5-11(21-2)6-4-10/h3-8H,1-2H3,(H,19,20)(H2,16,18,22)/p-1/b17-9-. The summed E-state index contributed by atoms with van der Waals surface area (Å²) >= 11 is 6.25. The lowest BCUT2D eigenvalue weighted by atomic mass is 10.3. The van der Waals surface area contributed by atoms with E-state index in [1.165, 1.54) is 6.07 Å². The Kier molecular flexibility index (Phi) is 5.67. The molecule has 1 aromatic heterocycles. The highest BCUT2D eigenvalue weighted by molar-refractivity contribution is 7.80. The molecule has 0 radical (unpaired) electrons. The fraction of sp³-hybridized carbons (Fsp3) is 0.133. The Morgan fingerprint density at radius 2 is 1.87 bits per heavy atom. The Labute approximate surface area is 142 Å². The highest BCUT2D eigenvalue weighted by Crippen LogP contribution is 2.17. The second kappa shape index (κ2) is 7.70. The van der Waals surface area contributed by atoms with Gasteiger partial charge >= 0.3 is 0 Å². The zero-order valence-electron chi connectivity index (χ0n) is 12.5. The monoisotopic (exact) mass is 348 g/mol. The molecule has 0 aliphatic heterocycles. The van der Waals surface area contributed by atoms with E-state index < -0.39 is 5.97 Å². The van der Waals surface area contributed by atoms with Crippen molar-refractivity contribution in [3.8, 4) is 5.75 Å².